The highest BCUT2D eigenvalue weighted by Gasteiger charge is 2.32. The second-order valence-corrected chi connectivity index (χ2v) is 9.21. The molecular weight excluding hydrogens is 366 g/mol. The lowest BCUT2D eigenvalue weighted by atomic mass is 9.89. The molecule has 0 aliphatic carbocycles. The molecular formula is C19H27N3O4S. The van der Waals surface area contributed by atoms with Crippen molar-refractivity contribution >= 4 is 34.1 Å². The van der Waals surface area contributed by atoms with Crippen LogP contribution in [0.5, 0.6) is 0 Å². The van der Waals surface area contributed by atoms with E-state index in [0.717, 1.165) is 11.3 Å². The summed E-state index contributed by atoms with van der Waals surface area (Å²) in [5.41, 5.74) is 4.69. The van der Waals surface area contributed by atoms with Crippen LogP contribution >= 0.6 is 11.3 Å². The number of aromatic nitrogens is 1. The zero-order valence-corrected chi connectivity index (χ0v) is 17.6. The lowest BCUT2D eigenvalue weighted by Gasteiger charge is -2.24. The molecule has 3 N–H and O–H groups in total. The maximum atomic E-state index is 12.7. The third-order valence-corrected chi connectivity index (χ3v) is 4.54. The second-order valence-electron chi connectivity index (χ2n) is 8.18. The number of hydrogen-bond acceptors (Lipinski definition) is 8. The topological polar surface area (TPSA) is 107 Å². The van der Waals surface area contributed by atoms with E-state index in [1.54, 1.807) is 39.8 Å². The third kappa shape index (κ3) is 4.88. The molecule has 0 spiro atoms. The first-order valence-electron chi connectivity index (χ1n) is 8.72. The Hall–Kier alpha value is -2.35. The number of carbonyl (C=O) groups is 2. The molecule has 0 amide bonds. The lowest BCUT2D eigenvalue weighted by Crippen LogP contribution is -2.42. The Balaban J connectivity index is 2.29. The number of ether oxygens (including phenoxy) is 1. The van der Waals surface area contributed by atoms with E-state index in [1.165, 1.54) is 0 Å². The first kappa shape index (κ1) is 21.0. The number of carbonyl (C=O) groups excluding carboxylic acids is 2. The van der Waals surface area contributed by atoms with Crippen molar-refractivity contribution in [2.24, 2.45) is 5.41 Å². The van der Waals surface area contributed by atoms with Gasteiger partial charge in [-0.05, 0) is 33.8 Å². The number of nitrogens with two attached hydrogens (primary N) is 1. The molecule has 0 radical (unpaired) electrons. The third-order valence-electron chi connectivity index (χ3n) is 3.66. The average Bonchev–Trinajstić information content (AvgIpc) is 3.10. The van der Waals surface area contributed by atoms with E-state index in [0.29, 0.717) is 27.3 Å². The fourth-order valence-corrected chi connectivity index (χ4v) is 3.24. The fourth-order valence-electron chi connectivity index (χ4n) is 2.25. The zero-order valence-electron chi connectivity index (χ0n) is 16.8. The summed E-state index contributed by atoms with van der Waals surface area (Å²) in [5.74, 6) is 0.331. The molecule has 0 saturated carbocycles. The van der Waals surface area contributed by atoms with Crippen molar-refractivity contribution in [2.45, 2.75) is 60.1 Å². The Morgan fingerprint density at radius 1 is 1.22 bits per heavy atom. The number of esters is 1. The molecule has 0 atom stereocenters. The minimum Gasteiger partial charge on any atom is -0.461 e. The van der Waals surface area contributed by atoms with Gasteiger partial charge < -0.3 is 20.2 Å². The van der Waals surface area contributed by atoms with Gasteiger partial charge in [-0.1, -0.05) is 32.1 Å². The maximum absolute atomic E-state index is 12.7. The predicted molar refractivity (Wildman–Crippen MR) is 107 cm³/mol. The van der Waals surface area contributed by atoms with E-state index in [-0.39, 0.29) is 11.9 Å². The van der Waals surface area contributed by atoms with Crippen LogP contribution in [-0.2, 0) is 9.53 Å². The molecule has 0 fully saturated rings. The normalized spacial score (nSPS) is 12.3. The minimum atomic E-state index is -0.982. The molecule has 2 aromatic heterocycles. The molecule has 2 rings (SSSR count). The monoisotopic (exact) mass is 393 g/mol. The summed E-state index contributed by atoms with van der Waals surface area (Å²) >= 11 is 1.14. The highest BCUT2D eigenvalue weighted by atomic mass is 32.1. The summed E-state index contributed by atoms with van der Waals surface area (Å²) < 4.78 is 11.1. The quantitative estimate of drug-likeness (QED) is 0.554. The molecule has 2 heterocycles. The zero-order chi connectivity index (χ0) is 20.6. The molecule has 2 aromatic rings. The van der Waals surface area contributed by atoms with Gasteiger partial charge in [-0.15, -0.1) is 0 Å². The number of nitrogens with one attached hydrogen (secondary N) is 1. The van der Waals surface area contributed by atoms with Crippen molar-refractivity contribution in [3.8, 4) is 11.5 Å². The number of furan rings is 1. The fraction of sp³-hybridized carbons (Fsp3) is 0.526. The summed E-state index contributed by atoms with van der Waals surface area (Å²) in [6, 6.07) is 3.38. The summed E-state index contributed by atoms with van der Waals surface area (Å²) in [7, 11) is 0. The Labute approximate surface area is 163 Å². The molecule has 0 unspecified atom stereocenters. The number of ketones is 1. The predicted octanol–water partition coefficient (Wildman–Crippen LogP) is 4.36. The van der Waals surface area contributed by atoms with Crippen LogP contribution in [0.2, 0.25) is 0 Å². The highest BCUT2D eigenvalue weighted by Crippen LogP contribution is 2.36. The summed E-state index contributed by atoms with van der Waals surface area (Å²) in [6.45, 7) is 12.5. The molecule has 0 aliphatic rings. The average molecular weight is 394 g/mol. The highest BCUT2D eigenvalue weighted by molar-refractivity contribution is 7.17. The van der Waals surface area contributed by atoms with Gasteiger partial charge in [0.2, 0.25) is 0 Å². The molecule has 0 bridgehead atoms. The Bertz CT molecular complexity index is 844. The standard InChI is InChI=1S/C19H27N3O4S/c1-10(2)25-16(24)19(6,7)22-12-9-8-11(26-12)13-14(27-17(20)21-13)15(23)18(3,4)5/h8-10,22H,1-7H3,(H2,20,21). The number of hydrogen-bond donors (Lipinski definition) is 2. The van der Waals surface area contributed by atoms with Crippen LogP contribution in [0.3, 0.4) is 0 Å². The van der Waals surface area contributed by atoms with Gasteiger partial charge in [-0.25, -0.2) is 9.78 Å². The van der Waals surface area contributed by atoms with Crippen molar-refractivity contribution in [3.05, 3.63) is 17.0 Å². The molecule has 0 saturated heterocycles. The van der Waals surface area contributed by atoms with Crippen LogP contribution in [0.25, 0.3) is 11.5 Å². The number of rotatable bonds is 6. The number of thiazole rings is 1. The molecule has 8 heteroatoms. The van der Waals surface area contributed by atoms with Crippen LogP contribution < -0.4 is 11.1 Å². The maximum Gasteiger partial charge on any atom is 0.331 e. The van der Waals surface area contributed by atoms with Gasteiger partial charge in [0.25, 0.3) is 0 Å². The summed E-state index contributed by atoms with van der Waals surface area (Å²) in [5, 5.41) is 3.31. The number of nitrogens with zero attached hydrogens (tertiary/aromatic N) is 1. The van der Waals surface area contributed by atoms with E-state index in [9.17, 15) is 9.59 Å². The van der Waals surface area contributed by atoms with E-state index >= 15 is 0 Å². The second kappa shape index (κ2) is 7.34. The van der Waals surface area contributed by atoms with Crippen molar-refractivity contribution in [2.75, 3.05) is 11.1 Å². The van der Waals surface area contributed by atoms with E-state index in [2.05, 4.69) is 10.3 Å². The Morgan fingerprint density at radius 3 is 2.41 bits per heavy atom. The lowest BCUT2D eigenvalue weighted by molar-refractivity contribution is -0.151. The van der Waals surface area contributed by atoms with Gasteiger partial charge in [0, 0.05) is 11.5 Å². The number of nitrogen functional groups attached to an aromatic ring is 1. The molecule has 0 aromatic carbocycles. The van der Waals surface area contributed by atoms with Crippen LogP contribution in [0.15, 0.2) is 16.5 Å². The Morgan fingerprint density at radius 2 is 1.85 bits per heavy atom. The van der Waals surface area contributed by atoms with Gasteiger partial charge in [-0.3, -0.25) is 4.79 Å². The molecule has 0 aliphatic heterocycles. The van der Waals surface area contributed by atoms with Gasteiger partial charge in [-0.2, -0.15) is 0 Å². The van der Waals surface area contributed by atoms with E-state index in [1.807, 2.05) is 20.8 Å². The van der Waals surface area contributed by atoms with Crippen LogP contribution in [-0.4, -0.2) is 28.4 Å². The molecule has 148 valence electrons. The largest absolute Gasteiger partial charge is 0.461 e. The number of anilines is 2. The van der Waals surface area contributed by atoms with Gasteiger partial charge in [0.15, 0.2) is 22.6 Å². The first-order valence-corrected chi connectivity index (χ1v) is 9.53. The van der Waals surface area contributed by atoms with E-state index < -0.39 is 16.9 Å². The SMILES string of the molecule is CC(C)OC(=O)C(C)(C)Nc1ccc(-c2nc(N)sc2C(=O)C(C)(C)C)o1. The molecule has 27 heavy (non-hydrogen) atoms. The minimum absolute atomic E-state index is 0.0570. The van der Waals surface area contributed by atoms with Crippen molar-refractivity contribution in [1.29, 1.82) is 0 Å². The van der Waals surface area contributed by atoms with Crippen molar-refractivity contribution < 1.29 is 18.7 Å². The van der Waals surface area contributed by atoms with Gasteiger partial charge in [0.1, 0.15) is 16.1 Å². The summed E-state index contributed by atoms with van der Waals surface area (Å²) in [4.78, 5) is 29.6. The summed E-state index contributed by atoms with van der Waals surface area (Å²) in [6.07, 6.45) is -0.213. The van der Waals surface area contributed by atoms with Crippen LogP contribution in [0, 0.1) is 5.41 Å². The van der Waals surface area contributed by atoms with Crippen LogP contribution in [0.1, 0.15) is 58.1 Å². The van der Waals surface area contributed by atoms with Gasteiger partial charge >= 0.3 is 5.97 Å². The molecule has 7 nitrogen and oxygen atoms in total. The van der Waals surface area contributed by atoms with Crippen molar-refractivity contribution in [3.63, 3.8) is 0 Å². The Kier molecular flexibility index (Phi) is 5.70. The van der Waals surface area contributed by atoms with Crippen molar-refractivity contribution in [1.82, 2.24) is 4.98 Å². The van der Waals surface area contributed by atoms with Crippen LogP contribution in [0.4, 0.5) is 11.0 Å². The van der Waals surface area contributed by atoms with E-state index in [4.69, 9.17) is 14.9 Å². The number of Topliss-reactive ketones (excluding diaryl/α,β-unsaturated/α-hetero) is 1. The smallest absolute Gasteiger partial charge is 0.331 e. The first-order chi connectivity index (χ1) is 12.3. The van der Waals surface area contributed by atoms with Gasteiger partial charge in [0.05, 0.1) is 6.10 Å².